The number of halogens is 3. The standard InChI is InChI=1S/C32H39ClF2N2O3/c1-28-10-9-22(38)12-23(28)24(34)13-25-29(2)14-20-17-37(16-19-7-6-8-21(33)11-19)18-31(20,27(40)36(4)5)30(29,3)15-26(39)32(25,28)35/h6-12,20,24-26,39H,13-18H2,1-5H3. The van der Waals surface area contributed by atoms with Crippen molar-refractivity contribution in [1.82, 2.24) is 9.80 Å². The third kappa shape index (κ3) is 3.26. The third-order valence-corrected chi connectivity index (χ3v) is 12.3. The molecule has 5 aliphatic rings. The second-order valence-corrected chi connectivity index (χ2v) is 14.3. The number of amides is 1. The zero-order chi connectivity index (χ0) is 29.0. The highest BCUT2D eigenvalue weighted by molar-refractivity contribution is 6.30. The van der Waals surface area contributed by atoms with Crippen molar-refractivity contribution >= 4 is 23.3 Å². The Morgan fingerprint density at radius 2 is 1.95 bits per heavy atom. The first-order chi connectivity index (χ1) is 18.6. The number of hydrogen-bond acceptors (Lipinski definition) is 4. The van der Waals surface area contributed by atoms with Crippen LogP contribution < -0.4 is 0 Å². The first-order valence-electron chi connectivity index (χ1n) is 14.3. The van der Waals surface area contributed by atoms with Gasteiger partial charge in [-0.2, -0.15) is 0 Å². The summed E-state index contributed by atoms with van der Waals surface area (Å²) in [6.45, 7) is 7.45. The molecule has 0 radical (unpaired) electrons. The van der Waals surface area contributed by atoms with Crippen molar-refractivity contribution in [2.75, 3.05) is 27.2 Å². The van der Waals surface area contributed by atoms with Crippen LogP contribution in [0.5, 0.6) is 0 Å². The van der Waals surface area contributed by atoms with Crippen LogP contribution in [0.15, 0.2) is 48.1 Å². The lowest BCUT2D eigenvalue weighted by atomic mass is 9.38. The molecule has 216 valence electrons. The van der Waals surface area contributed by atoms with Crippen LogP contribution in [0.4, 0.5) is 8.78 Å². The number of allylic oxidation sites excluding steroid dienone is 4. The van der Waals surface area contributed by atoms with E-state index in [9.17, 15) is 14.7 Å². The molecule has 1 aliphatic heterocycles. The van der Waals surface area contributed by atoms with Gasteiger partial charge in [0.15, 0.2) is 11.5 Å². The molecule has 6 rings (SSSR count). The van der Waals surface area contributed by atoms with E-state index in [-0.39, 0.29) is 36.0 Å². The van der Waals surface area contributed by atoms with Gasteiger partial charge in [0, 0.05) is 50.1 Å². The van der Waals surface area contributed by atoms with E-state index >= 15 is 8.78 Å². The van der Waals surface area contributed by atoms with Crippen molar-refractivity contribution in [2.45, 2.75) is 64.5 Å². The molecule has 9 unspecified atom stereocenters. The van der Waals surface area contributed by atoms with E-state index in [0.29, 0.717) is 31.1 Å². The molecule has 1 aromatic rings. The molecule has 5 nitrogen and oxygen atoms in total. The fourth-order valence-electron chi connectivity index (χ4n) is 10.1. The summed E-state index contributed by atoms with van der Waals surface area (Å²) < 4.78 is 33.8. The number of carbonyl (C=O) groups is 2. The summed E-state index contributed by atoms with van der Waals surface area (Å²) in [4.78, 5) is 30.4. The largest absolute Gasteiger partial charge is 0.390 e. The van der Waals surface area contributed by atoms with Crippen molar-refractivity contribution in [3.8, 4) is 0 Å². The van der Waals surface area contributed by atoms with Crippen molar-refractivity contribution in [1.29, 1.82) is 0 Å². The molecular formula is C32H39ClF2N2O3. The maximum Gasteiger partial charge on any atom is 0.230 e. The molecule has 4 fully saturated rings. The van der Waals surface area contributed by atoms with Gasteiger partial charge in [-0.25, -0.2) is 8.78 Å². The number of hydrogen-bond donors (Lipinski definition) is 1. The minimum atomic E-state index is -2.17. The number of aliphatic hydroxyl groups excluding tert-OH is 1. The van der Waals surface area contributed by atoms with Crippen LogP contribution in [0.2, 0.25) is 5.02 Å². The highest BCUT2D eigenvalue weighted by atomic mass is 35.5. The van der Waals surface area contributed by atoms with Crippen molar-refractivity contribution in [2.24, 2.45) is 33.5 Å². The summed E-state index contributed by atoms with van der Waals surface area (Å²) in [6.07, 6.45) is 1.59. The third-order valence-electron chi connectivity index (χ3n) is 12.1. The summed E-state index contributed by atoms with van der Waals surface area (Å²) in [6, 6.07) is 7.70. The predicted molar refractivity (Wildman–Crippen MR) is 150 cm³/mol. The average Bonchev–Trinajstić information content (AvgIpc) is 3.31. The SMILES string of the molecule is CN(C)C(=O)C12CN(Cc3cccc(Cl)c3)CC1CC1(C)C3CC(F)C4=CC(=O)C=CC4(C)C3(F)C(O)CC12C. The lowest BCUT2D eigenvalue weighted by Gasteiger charge is -2.67. The molecule has 1 amide bonds. The normalized spacial score (nSPS) is 45.8. The van der Waals surface area contributed by atoms with E-state index in [4.69, 9.17) is 11.6 Å². The zero-order valence-electron chi connectivity index (χ0n) is 23.9. The van der Waals surface area contributed by atoms with Crippen LogP contribution in [-0.4, -0.2) is 71.7 Å². The fourth-order valence-corrected chi connectivity index (χ4v) is 10.3. The molecule has 1 heterocycles. The fraction of sp³-hybridized carbons (Fsp3) is 0.625. The van der Waals surface area contributed by atoms with Gasteiger partial charge in [-0.3, -0.25) is 14.5 Å². The zero-order valence-corrected chi connectivity index (χ0v) is 24.6. The molecule has 40 heavy (non-hydrogen) atoms. The molecular weight excluding hydrogens is 534 g/mol. The molecule has 0 spiro atoms. The highest BCUT2D eigenvalue weighted by Crippen LogP contribution is 2.79. The molecule has 3 saturated carbocycles. The first kappa shape index (κ1) is 28.0. The molecule has 4 aliphatic carbocycles. The number of benzene rings is 1. The minimum Gasteiger partial charge on any atom is -0.390 e. The minimum absolute atomic E-state index is 0.0153. The van der Waals surface area contributed by atoms with Gasteiger partial charge in [0.1, 0.15) is 6.17 Å². The molecule has 0 bridgehead atoms. The van der Waals surface area contributed by atoms with Crippen molar-refractivity contribution in [3.63, 3.8) is 0 Å². The first-order valence-corrected chi connectivity index (χ1v) is 14.7. The van der Waals surface area contributed by atoms with Gasteiger partial charge in [0.25, 0.3) is 0 Å². The number of fused-ring (bicyclic) bond motifs is 7. The van der Waals surface area contributed by atoms with E-state index < -0.39 is 45.5 Å². The smallest absolute Gasteiger partial charge is 0.230 e. The van der Waals surface area contributed by atoms with Gasteiger partial charge in [-0.1, -0.05) is 43.7 Å². The van der Waals surface area contributed by atoms with Gasteiger partial charge in [-0.15, -0.1) is 0 Å². The number of ketones is 1. The van der Waals surface area contributed by atoms with E-state index in [1.165, 1.54) is 18.2 Å². The Morgan fingerprint density at radius 3 is 2.62 bits per heavy atom. The molecule has 1 aromatic carbocycles. The monoisotopic (exact) mass is 572 g/mol. The van der Waals surface area contributed by atoms with Crippen LogP contribution in [0.25, 0.3) is 0 Å². The van der Waals surface area contributed by atoms with Gasteiger partial charge < -0.3 is 10.0 Å². The Balaban J connectivity index is 1.45. The second kappa shape index (κ2) is 8.71. The van der Waals surface area contributed by atoms with Crippen molar-refractivity contribution in [3.05, 3.63) is 58.7 Å². The number of nitrogens with zero attached hydrogens (tertiary/aromatic N) is 2. The van der Waals surface area contributed by atoms with Crippen LogP contribution >= 0.6 is 11.6 Å². The van der Waals surface area contributed by atoms with E-state index in [0.717, 1.165) is 5.56 Å². The maximum atomic E-state index is 17.8. The Hall–Kier alpha value is -2.09. The topological polar surface area (TPSA) is 60.9 Å². The summed E-state index contributed by atoms with van der Waals surface area (Å²) in [5, 5.41) is 12.5. The van der Waals surface area contributed by atoms with Crippen LogP contribution in [-0.2, 0) is 16.1 Å². The van der Waals surface area contributed by atoms with E-state index in [2.05, 4.69) is 4.90 Å². The van der Waals surface area contributed by atoms with Crippen LogP contribution in [0, 0.1) is 33.5 Å². The van der Waals surface area contributed by atoms with Gasteiger partial charge in [0.2, 0.25) is 5.91 Å². The van der Waals surface area contributed by atoms with E-state index in [1.54, 1.807) is 25.9 Å². The maximum absolute atomic E-state index is 17.8. The lowest BCUT2D eigenvalue weighted by molar-refractivity contribution is -0.243. The number of rotatable bonds is 3. The van der Waals surface area contributed by atoms with Crippen LogP contribution in [0.1, 0.15) is 45.6 Å². The van der Waals surface area contributed by atoms with E-state index in [1.807, 2.05) is 38.1 Å². The van der Waals surface area contributed by atoms with Crippen LogP contribution in [0.3, 0.4) is 0 Å². The Kier molecular flexibility index (Phi) is 6.11. The quantitative estimate of drug-likeness (QED) is 0.543. The summed E-state index contributed by atoms with van der Waals surface area (Å²) >= 11 is 6.25. The van der Waals surface area contributed by atoms with Gasteiger partial charge >= 0.3 is 0 Å². The molecule has 0 aromatic heterocycles. The predicted octanol–water partition coefficient (Wildman–Crippen LogP) is 5.17. The number of likely N-dealkylation sites (tertiary alicyclic amines) is 1. The summed E-state index contributed by atoms with van der Waals surface area (Å²) in [5.41, 5.74) is -4.86. The molecule has 9 atom stereocenters. The molecule has 8 heteroatoms. The number of carbonyl (C=O) groups excluding carboxylic acids is 2. The second-order valence-electron chi connectivity index (χ2n) is 13.9. The highest BCUT2D eigenvalue weighted by Gasteiger charge is 2.82. The summed E-state index contributed by atoms with van der Waals surface area (Å²) in [5.74, 6) is -1.29. The van der Waals surface area contributed by atoms with Gasteiger partial charge in [-0.05, 0) is 78.4 Å². The Labute approximate surface area is 240 Å². The lowest BCUT2D eigenvalue weighted by Crippen LogP contribution is -2.72. The number of alkyl halides is 2. The number of aliphatic hydroxyl groups is 1. The Morgan fingerprint density at radius 1 is 1.23 bits per heavy atom. The Bertz CT molecular complexity index is 1350. The van der Waals surface area contributed by atoms with Gasteiger partial charge in [0.05, 0.1) is 11.5 Å². The average molecular weight is 573 g/mol. The summed E-state index contributed by atoms with van der Waals surface area (Å²) in [7, 11) is 3.51. The molecule has 1 saturated heterocycles. The molecule has 1 N–H and O–H groups in total. The van der Waals surface area contributed by atoms with Crippen molar-refractivity contribution < 1.29 is 23.5 Å².